The van der Waals surface area contributed by atoms with Gasteiger partial charge in [-0.2, -0.15) is 0 Å². The van der Waals surface area contributed by atoms with Crippen LogP contribution in [0.4, 0.5) is 0 Å². The molecule has 3 aromatic heterocycles. The molecule has 1 aromatic carbocycles. The Morgan fingerprint density at radius 3 is 2.50 bits per heavy atom. The summed E-state index contributed by atoms with van der Waals surface area (Å²) in [7, 11) is 0. The molecule has 0 bridgehead atoms. The van der Waals surface area contributed by atoms with Gasteiger partial charge in [0.05, 0.1) is 27.0 Å². The van der Waals surface area contributed by atoms with Gasteiger partial charge in [0.25, 0.3) is 0 Å². The zero-order chi connectivity index (χ0) is 21.3. The Labute approximate surface area is 178 Å². The monoisotopic (exact) mass is 423 g/mol. The summed E-state index contributed by atoms with van der Waals surface area (Å²) in [5.41, 5.74) is 3.32. The maximum atomic E-state index is 10.5. The maximum absolute atomic E-state index is 10.5. The van der Waals surface area contributed by atoms with E-state index in [1.807, 2.05) is 23.7 Å². The van der Waals surface area contributed by atoms with E-state index >= 15 is 0 Å². The van der Waals surface area contributed by atoms with Crippen LogP contribution >= 0.6 is 11.3 Å². The number of aryl methyl sites for hydroxylation is 1. The zero-order valence-electron chi connectivity index (χ0n) is 17.8. The van der Waals surface area contributed by atoms with Crippen LogP contribution in [0.25, 0.3) is 32.6 Å². The Hall–Kier alpha value is -2.65. The summed E-state index contributed by atoms with van der Waals surface area (Å²) in [5, 5.41) is 32.8. The van der Waals surface area contributed by atoms with E-state index in [1.165, 1.54) is 0 Å². The van der Waals surface area contributed by atoms with E-state index in [4.69, 9.17) is 0 Å². The fourth-order valence-electron chi connectivity index (χ4n) is 4.85. The van der Waals surface area contributed by atoms with Crippen molar-refractivity contribution in [1.82, 2.24) is 35.5 Å². The van der Waals surface area contributed by atoms with Gasteiger partial charge in [-0.3, -0.25) is 0 Å². The molecule has 1 aliphatic rings. The highest BCUT2D eigenvalue weighted by atomic mass is 32.1. The molecule has 4 heterocycles. The first-order chi connectivity index (χ1) is 14.1. The van der Waals surface area contributed by atoms with Gasteiger partial charge in [0.1, 0.15) is 11.3 Å². The van der Waals surface area contributed by atoms with Crippen molar-refractivity contribution in [3.8, 4) is 17.0 Å². The molecule has 8 nitrogen and oxygen atoms in total. The number of hydrogen-bond donors (Lipinski definition) is 2. The summed E-state index contributed by atoms with van der Waals surface area (Å²) in [6.45, 7) is 10.8. The van der Waals surface area contributed by atoms with Crippen molar-refractivity contribution < 1.29 is 5.11 Å². The minimum absolute atomic E-state index is 0.00780. The van der Waals surface area contributed by atoms with Crippen molar-refractivity contribution in [1.29, 1.82) is 0 Å². The van der Waals surface area contributed by atoms with Gasteiger partial charge in [-0.25, -0.2) is 9.67 Å². The van der Waals surface area contributed by atoms with Crippen molar-refractivity contribution in [2.45, 2.75) is 64.6 Å². The lowest BCUT2D eigenvalue weighted by Gasteiger charge is -2.46. The van der Waals surface area contributed by atoms with Gasteiger partial charge in [0, 0.05) is 22.7 Å². The topological polar surface area (TPSA) is 102 Å². The Bertz CT molecular complexity index is 1260. The SMILES string of the molecule is Cc1nc2cc(O)c(-c3cc4nnn(C5CC(C)(C)NC(C)(C)C5)c4nn3)cc2s1. The summed E-state index contributed by atoms with van der Waals surface area (Å²) in [4.78, 5) is 4.43. The number of aromatic nitrogens is 6. The van der Waals surface area contributed by atoms with Crippen LogP contribution in [0.3, 0.4) is 0 Å². The second-order valence-corrected chi connectivity index (χ2v) is 10.7. The van der Waals surface area contributed by atoms with Crippen LogP contribution < -0.4 is 5.32 Å². The number of piperidine rings is 1. The number of thiazole rings is 1. The number of nitrogens with one attached hydrogen (secondary N) is 1. The minimum Gasteiger partial charge on any atom is -0.507 e. The normalized spacial score (nSPS) is 19.0. The third-order valence-corrected chi connectivity index (χ3v) is 6.56. The molecule has 5 rings (SSSR count). The molecule has 1 aliphatic heterocycles. The zero-order valence-corrected chi connectivity index (χ0v) is 18.6. The molecule has 0 radical (unpaired) electrons. The number of aromatic hydroxyl groups is 1. The van der Waals surface area contributed by atoms with Crippen LogP contribution in [0.2, 0.25) is 0 Å². The average molecular weight is 424 g/mol. The van der Waals surface area contributed by atoms with E-state index in [9.17, 15) is 5.11 Å². The van der Waals surface area contributed by atoms with Gasteiger partial charge < -0.3 is 10.4 Å². The minimum atomic E-state index is -0.00780. The molecule has 156 valence electrons. The van der Waals surface area contributed by atoms with E-state index in [0.717, 1.165) is 28.1 Å². The Morgan fingerprint density at radius 2 is 1.77 bits per heavy atom. The van der Waals surface area contributed by atoms with Crippen LogP contribution in [0.5, 0.6) is 5.75 Å². The number of rotatable bonds is 2. The number of hydrogen-bond acceptors (Lipinski definition) is 8. The van der Waals surface area contributed by atoms with Crippen LogP contribution in [0.15, 0.2) is 18.2 Å². The van der Waals surface area contributed by atoms with E-state index in [1.54, 1.807) is 17.4 Å². The summed E-state index contributed by atoms with van der Waals surface area (Å²) < 4.78 is 2.91. The van der Waals surface area contributed by atoms with Crippen molar-refractivity contribution in [3.63, 3.8) is 0 Å². The Morgan fingerprint density at radius 1 is 1.03 bits per heavy atom. The van der Waals surface area contributed by atoms with E-state index in [-0.39, 0.29) is 22.9 Å². The summed E-state index contributed by atoms with van der Waals surface area (Å²) in [6.07, 6.45) is 1.86. The second-order valence-electron chi connectivity index (χ2n) is 9.50. The van der Waals surface area contributed by atoms with Crippen molar-refractivity contribution in [3.05, 3.63) is 23.2 Å². The molecule has 2 N–H and O–H groups in total. The lowest BCUT2D eigenvalue weighted by atomic mass is 9.80. The molecule has 4 aromatic rings. The number of nitrogens with zero attached hydrogens (tertiary/aromatic N) is 6. The second kappa shape index (κ2) is 6.42. The number of benzene rings is 1. The summed E-state index contributed by atoms with van der Waals surface area (Å²) >= 11 is 1.59. The lowest BCUT2D eigenvalue weighted by Crippen LogP contribution is -2.58. The average Bonchev–Trinajstić information content (AvgIpc) is 3.19. The highest BCUT2D eigenvalue weighted by Gasteiger charge is 2.39. The van der Waals surface area contributed by atoms with Crippen LogP contribution in [-0.4, -0.2) is 46.4 Å². The predicted molar refractivity (Wildman–Crippen MR) is 118 cm³/mol. The number of phenolic OH excluding ortho intramolecular Hbond substituents is 1. The van der Waals surface area contributed by atoms with Crippen molar-refractivity contribution in [2.24, 2.45) is 0 Å². The van der Waals surface area contributed by atoms with Gasteiger partial charge in [-0.1, -0.05) is 5.21 Å². The first kappa shape index (κ1) is 19.3. The Kier molecular flexibility index (Phi) is 4.14. The number of fused-ring (bicyclic) bond motifs is 2. The maximum Gasteiger partial charge on any atom is 0.201 e. The van der Waals surface area contributed by atoms with Gasteiger partial charge in [0.2, 0.25) is 5.65 Å². The molecule has 0 unspecified atom stereocenters. The molecular formula is C21H25N7OS. The molecule has 0 saturated carbocycles. The molecule has 1 fully saturated rings. The third-order valence-electron chi connectivity index (χ3n) is 5.62. The summed E-state index contributed by atoms with van der Waals surface area (Å²) in [6, 6.07) is 5.62. The smallest absolute Gasteiger partial charge is 0.201 e. The largest absolute Gasteiger partial charge is 0.507 e. The van der Waals surface area contributed by atoms with Gasteiger partial charge >= 0.3 is 0 Å². The molecule has 1 saturated heterocycles. The first-order valence-electron chi connectivity index (χ1n) is 10.1. The lowest BCUT2D eigenvalue weighted by molar-refractivity contribution is 0.127. The van der Waals surface area contributed by atoms with Gasteiger partial charge in [0.15, 0.2) is 0 Å². The van der Waals surface area contributed by atoms with E-state index < -0.39 is 0 Å². The number of phenols is 1. The molecule has 9 heteroatoms. The van der Waals surface area contributed by atoms with Gasteiger partial charge in [-0.05, 0) is 59.6 Å². The molecule has 0 spiro atoms. The Balaban J connectivity index is 1.55. The van der Waals surface area contributed by atoms with Crippen LogP contribution in [-0.2, 0) is 0 Å². The fraction of sp³-hybridized carbons (Fsp3) is 0.476. The molecule has 30 heavy (non-hydrogen) atoms. The predicted octanol–water partition coefficient (Wildman–Crippen LogP) is 3.99. The summed E-state index contributed by atoms with van der Waals surface area (Å²) in [5.74, 6) is 0.135. The fourth-order valence-corrected chi connectivity index (χ4v) is 5.70. The van der Waals surface area contributed by atoms with E-state index in [0.29, 0.717) is 22.4 Å². The highest BCUT2D eigenvalue weighted by molar-refractivity contribution is 7.18. The quantitative estimate of drug-likeness (QED) is 0.502. The standard InChI is InChI=1S/C21H25N7OS/c1-11-22-15-8-17(29)13(6-18(15)30-11)14-7-16-19(25-23-14)28(27-24-16)12-9-20(2,3)26-21(4,5)10-12/h6-8,12,26,29H,9-10H2,1-5H3. The third kappa shape index (κ3) is 3.31. The highest BCUT2D eigenvalue weighted by Crippen LogP contribution is 2.38. The molecular weight excluding hydrogens is 398 g/mol. The van der Waals surface area contributed by atoms with E-state index in [2.05, 4.69) is 58.5 Å². The van der Waals surface area contributed by atoms with Crippen LogP contribution in [0, 0.1) is 6.92 Å². The first-order valence-corrected chi connectivity index (χ1v) is 10.9. The van der Waals surface area contributed by atoms with Crippen LogP contribution in [0.1, 0.15) is 51.6 Å². The molecule has 0 aliphatic carbocycles. The van der Waals surface area contributed by atoms with Gasteiger partial charge in [-0.15, -0.1) is 26.6 Å². The molecule has 0 amide bonds. The van der Waals surface area contributed by atoms with Crippen molar-refractivity contribution >= 4 is 32.7 Å². The van der Waals surface area contributed by atoms with Crippen molar-refractivity contribution in [2.75, 3.05) is 0 Å². The molecule has 0 atom stereocenters.